The van der Waals surface area contributed by atoms with Crippen molar-refractivity contribution in [2.75, 3.05) is 0 Å². The molecule has 0 radical (unpaired) electrons. The van der Waals surface area contributed by atoms with Gasteiger partial charge in [-0.15, -0.1) is 0 Å². The molecule has 142 valence electrons. The zero-order valence-electron chi connectivity index (χ0n) is 16.7. The van der Waals surface area contributed by atoms with E-state index in [-0.39, 0.29) is 0 Å². The summed E-state index contributed by atoms with van der Waals surface area (Å²) in [6.07, 6.45) is 2.20. The summed E-state index contributed by atoms with van der Waals surface area (Å²) in [5.41, 5.74) is 9.32. The number of aromatic nitrogens is 2. The van der Waals surface area contributed by atoms with Crippen LogP contribution >= 0.6 is 0 Å². The first-order valence-electron chi connectivity index (χ1n) is 10.3. The standard InChI is InChI=1S/C28H20N2/c1-19-16-17-24-29-27-23-15-9-8-14-22(23)25(20-10-4-2-5-11-20)26(28(27)30(24)18-19)21-12-6-3-7-13-21/h2-18H,1H3. The third-order valence-corrected chi connectivity index (χ3v) is 5.83. The molecule has 0 amide bonds. The van der Waals surface area contributed by atoms with Gasteiger partial charge in [0.1, 0.15) is 5.65 Å². The summed E-state index contributed by atoms with van der Waals surface area (Å²) in [6, 6.07) is 34.3. The monoisotopic (exact) mass is 384 g/mol. The molecule has 0 atom stereocenters. The van der Waals surface area contributed by atoms with Crippen molar-refractivity contribution in [2.45, 2.75) is 6.92 Å². The van der Waals surface area contributed by atoms with E-state index < -0.39 is 0 Å². The van der Waals surface area contributed by atoms with Crippen LogP contribution in [-0.4, -0.2) is 9.38 Å². The summed E-state index contributed by atoms with van der Waals surface area (Å²) < 4.78 is 2.26. The highest BCUT2D eigenvalue weighted by atomic mass is 15.0. The Labute approximate surface area is 175 Å². The molecule has 0 aliphatic heterocycles. The van der Waals surface area contributed by atoms with E-state index in [1.54, 1.807) is 0 Å². The van der Waals surface area contributed by atoms with Crippen molar-refractivity contribution in [2.24, 2.45) is 0 Å². The van der Waals surface area contributed by atoms with Crippen molar-refractivity contribution >= 4 is 27.5 Å². The Bertz CT molecular complexity index is 1530. The minimum absolute atomic E-state index is 0.975. The molecule has 2 nitrogen and oxygen atoms in total. The molecule has 0 saturated heterocycles. The zero-order chi connectivity index (χ0) is 20.1. The van der Waals surface area contributed by atoms with Crippen molar-refractivity contribution < 1.29 is 0 Å². The minimum atomic E-state index is 0.975. The van der Waals surface area contributed by atoms with Crippen molar-refractivity contribution in [1.29, 1.82) is 0 Å². The van der Waals surface area contributed by atoms with Gasteiger partial charge in [-0.1, -0.05) is 91.0 Å². The van der Waals surface area contributed by atoms with Crippen LogP contribution in [0.5, 0.6) is 0 Å². The van der Waals surface area contributed by atoms with E-state index >= 15 is 0 Å². The lowest BCUT2D eigenvalue weighted by molar-refractivity contribution is 1.19. The third kappa shape index (κ3) is 2.47. The fourth-order valence-electron chi connectivity index (χ4n) is 4.53. The number of hydrogen-bond acceptors (Lipinski definition) is 1. The first kappa shape index (κ1) is 17.0. The van der Waals surface area contributed by atoms with Crippen LogP contribution in [0.25, 0.3) is 49.7 Å². The molecular formula is C28H20N2. The topological polar surface area (TPSA) is 17.3 Å². The quantitative estimate of drug-likeness (QED) is 0.306. The van der Waals surface area contributed by atoms with Crippen LogP contribution < -0.4 is 0 Å². The Morgan fingerprint density at radius 2 is 1.20 bits per heavy atom. The van der Waals surface area contributed by atoms with Gasteiger partial charge in [0.2, 0.25) is 0 Å². The molecule has 0 bridgehead atoms. The molecule has 2 aromatic heterocycles. The van der Waals surface area contributed by atoms with Crippen LogP contribution in [0.2, 0.25) is 0 Å². The molecule has 2 heterocycles. The second-order valence-corrected chi connectivity index (χ2v) is 7.77. The summed E-state index contributed by atoms with van der Waals surface area (Å²) >= 11 is 0. The Balaban J connectivity index is 1.94. The maximum Gasteiger partial charge on any atom is 0.137 e. The first-order valence-corrected chi connectivity index (χ1v) is 10.3. The van der Waals surface area contributed by atoms with Gasteiger partial charge in [-0.3, -0.25) is 4.40 Å². The highest BCUT2D eigenvalue weighted by molar-refractivity contribution is 6.20. The number of benzene rings is 4. The largest absolute Gasteiger partial charge is 0.299 e. The molecule has 2 heteroatoms. The number of hydrogen-bond donors (Lipinski definition) is 0. The Morgan fingerprint density at radius 1 is 0.600 bits per heavy atom. The van der Waals surface area contributed by atoms with Gasteiger partial charge in [0.25, 0.3) is 0 Å². The van der Waals surface area contributed by atoms with Gasteiger partial charge < -0.3 is 0 Å². The zero-order valence-corrected chi connectivity index (χ0v) is 16.7. The molecule has 30 heavy (non-hydrogen) atoms. The average Bonchev–Trinajstić information content (AvgIpc) is 3.18. The molecule has 4 aromatic carbocycles. The van der Waals surface area contributed by atoms with Crippen molar-refractivity contribution in [3.8, 4) is 22.3 Å². The maximum absolute atomic E-state index is 5.07. The second-order valence-electron chi connectivity index (χ2n) is 7.77. The van der Waals surface area contributed by atoms with E-state index in [1.807, 2.05) is 0 Å². The molecule has 0 unspecified atom stereocenters. The molecule has 0 spiro atoms. The van der Waals surface area contributed by atoms with Crippen molar-refractivity contribution in [1.82, 2.24) is 9.38 Å². The molecule has 0 saturated carbocycles. The smallest absolute Gasteiger partial charge is 0.137 e. The van der Waals surface area contributed by atoms with E-state index in [1.165, 1.54) is 38.6 Å². The van der Waals surface area contributed by atoms with E-state index in [0.29, 0.717) is 0 Å². The maximum atomic E-state index is 5.07. The van der Waals surface area contributed by atoms with Crippen LogP contribution in [0.15, 0.2) is 103 Å². The SMILES string of the molecule is Cc1ccc2nc3c4ccccc4c(-c4ccccc4)c(-c4ccccc4)c3n2c1. The van der Waals surface area contributed by atoms with Crippen LogP contribution in [0.1, 0.15) is 5.56 Å². The van der Waals surface area contributed by atoms with Gasteiger partial charge in [-0.25, -0.2) is 4.98 Å². The number of imidazole rings is 1. The fourth-order valence-corrected chi connectivity index (χ4v) is 4.53. The van der Waals surface area contributed by atoms with E-state index in [9.17, 15) is 0 Å². The van der Waals surface area contributed by atoms with Gasteiger partial charge in [0.15, 0.2) is 0 Å². The Kier molecular flexibility index (Phi) is 3.72. The van der Waals surface area contributed by atoms with Gasteiger partial charge in [0.05, 0.1) is 11.0 Å². The second kappa shape index (κ2) is 6.57. The highest BCUT2D eigenvalue weighted by Gasteiger charge is 2.21. The van der Waals surface area contributed by atoms with E-state index in [0.717, 1.165) is 16.7 Å². The number of nitrogens with zero attached hydrogens (tertiary/aromatic N) is 2. The lowest BCUT2D eigenvalue weighted by atomic mass is 9.88. The molecule has 0 fully saturated rings. The summed E-state index contributed by atoms with van der Waals surface area (Å²) in [7, 11) is 0. The molecule has 0 N–H and O–H groups in total. The number of rotatable bonds is 2. The van der Waals surface area contributed by atoms with Gasteiger partial charge >= 0.3 is 0 Å². The van der Waals surface area contributed by atoms with Crippen LogP contribution in [0, 0.1) is 6.92 Å². The number of pyridine rings is 1. The minimum Gasteiger partial charge on any atom is -0.299 e. The lowest BCUT2D eigenvalue weighted by Gasteiger charge is -2.16. The normalized spacial score (nSPS) is 11.5. The predicted molar refractivity (Wildman–Crippen MR) is 126 cm³/mol. The molecule has 0 aliphatic carbocycles. The molecule has 6 aromatic rings. The Hall–Kier alpha value is -3.91. The van der Waals surface area contributed by atoms with Crippen LogP contribution in [-0.2, 0) is 0 Å². The average molecular weight is 384 g/mol. The molecule has 0 aliphatic rings. The number of fused-ring (bicyclic) bond motifs is 5. The first-order chi connectivity index (χ1) is 14.8. The summed E-state index contributed by atoms with van der Waals surface area (Å²) in [5, 5.41) is 2.42. The van der Waals surface area contributed by atoms with Crippen molar-refractivity contribution in [3.63, 3.8) is 0 Å². The van der Waals surface area contributed by atoms with Gasteiger partial charge in [-0.05, 0) is 40.6 Å². The highest BCUT2D eigenvalue weighted by Crippen LogP contribution is 2.44. The van der Waals surface area contributed by atoms with Gasteiger partial charge in [-0.2, -0.15) is 0 Å². The van der Waals surface area contributed by atoms with Gasteiger partial charge in [0, 0.05) is 17.1 Å². The summed E-state index contributed by atoms with van der Waals surface area (Å²) in [6.45, 7) is 2.13. The van der Waals surface area contributed by atoms with E-state index in [2.05, 4.69) is 115 Å². The predicted octanol–water partition coefficient (Wildman–Crippen LogP) is 7.28. The summed E-state index contributed by atoms with van der Waals surface area (Å²) in [5.74, 6) is 0. The van der Waals surface area contributed by atoms with Crippen LogP contribution in [0.4, 0.5) is 0 Å². The van der Waals surface area contributed by atoms with E-state index in [4.69, 9.17) is 4.98 Å². The summed E-state index contributed by atoms with van der Waals surface area (Å²) in [4.78, 5) is 5.07. The number of aryl methyl sites for hydroxylation is 1. The fraction of sp³-hybridized carbons (Fsp3) is 0.0357. The Morgan fingerprint density at radius 3 is 1.90 bits per heavy atom. The third-order valence-electron chi connectivity index (χ3n) is 5.83. The van der Waals surface area contributed by atoms with Crippen LogP contribution in [0.3, 0.4) is 0 Å². The van der Waals surface area contributed by atoms with Crippen molar-refractivity contribution in [3.05, 3.63) is 109 Å². The molecule has 6 rings (SSSR count). The lowest BCUT2D eigenvalue weighted by Crippen LogP contribution is -1.93. The molecular weight excluding hydrogens is 364 g/mol.